The first kappa shape index (κ1) is 26.0. The molecular weight excluding hydrogens is 367 g/mol. The van der Waals surface area contributed by atoms with Gasteiger partial charge >= 0.3 is 0 Å². The molecule has 0 aliphatic carbocycles. The summed E-state index contributed by atoms with van der Waals surface area (Å²) in [6.07, 6.45) is 3.25. The van der Waals surface area contributed by atoms with Gasteiger partial charge in [-0.2, -0.15) is 0 Å². The Morgan fingerprint density at radius 3 is 1.96 bits per heavy atom. The first-order valence-corrected chi connectivity index (χ1v) is 10.1. The second kappa shape index (κ2) is 15.0. The van der Waals surface area contributed by atoms with Gasteiger partial charge in [-0.1, -0.05) is 44.2 Å². The fourth-order valence-electron chi connectivity index (χ4n) is 2.42. The molecule has 2 aromatic carbocycles. The summed E-state index contributed by atoms with van der Waals surface area (Å²) >= 11 is 0. The number of carbonyl (C=O) groups is 1. The van der Waals surface area contributed by atoms with Gasteiger partial charge in [-0.05, 0) is 73.5 Å². The summed E-state index contributed by atoms with van der Waals surface area (Å²) in [5.74, 6) is 1.02. The summed E-state index contributed by atoms with van der Waals surface area (Å²) in [6.45, 7) is 12.8. The molecule has 3 nitrogen and oxygen atoms in total. The maximum absolute atomic E-state index is 9.96. The maximum Gasteiger partial charge on any atom is 0.152 e. The number of ketones is 1. The van der Waals surface area contributed by atoms with Gasteiger partial charge in [-0.25, -0.2) is 0 Å². The fourth-order valence-corrected chi connectivity index (χ4v) is 2.62. The lowest BCUT2D eigenvalue weighted by Crippen LogP contribution is -2.01. The molecule has 0 aromatic heterocycles. The molecule has 0 saturated carbocycles. The van der Waals surface area contributed by atoms with E-state index in [2.05, 4.69) is 59.5 Å². The van der Waals surface area contributed by atoms with Crippen LogP contribution in [-0.4, -0.2) is 12.9 Å². The zero-order chi connectivity index (χ0) is 21.5. The molecule has 0 fully saturated rings. The SMILES string of the molecule is C/C=C/C(C)=O.CC.COCc1c(C)cc(OCc2ccc(P)cc2)cc1C. The van der Waals surface area contributed by atoms with Gasteiger partial charge in [-0.3, -0.25) is 4.79 Å². The van der Waals surface area contributed by atoms with Gasteiger partial charge in [0.1, 0.15) is 12.4 Å². The molecule has 0 bridgehead atoms. The smallest absolute Gasteiger partial charge is 0.152 e. The van der Waals surface area contributed by atoms with Crippen molar-refractivity contribution in [3.05, 3.63) is 70.8 Å². The largest absolute Gasteiger partial charge is 0.489 e. The minimum absolute atomic E-state index is 0.109. The number of rotatable bonds is 6. The highest BCUT2D eigenvalue weighted by Gasteiger charge is 2.06. The Hall–Kier alpha value is -1.96. The predicted molar refractivity (Wildman–Crippen MR) is 124 cm³/mol. The first-order valence-electron chi connectivity index (χ1n) is 9.57. The minimum Gasteiger partial charge on any atom is -0.489 e. The summed E-state index contributed by atoms with van der Waals surface area (Å²) in [5, 5.41) is 1.18. The zero-order valence-electron chi connectivity index (χ0n) is 18.3. The van der Waals surface area contributed by atoms with Gasteiger partial charge < -0.3 is 9.47 Å². The number of hydrogen-bond donors (Lipinski definition) is 0. The van der Waals surface area contributed by atoms with Crippen molar-refractivity contribution >= 4 is 20.3 Å². The molecule has 2 rings (SSSR count). The van der Waals surface area contributed by atoms with E-state index < -0.39 is 0 Å². The quantitative estimate of drug-likeness (QED) is 0.459. The average molecular weight is 403 g/mol. The van der Waals surface area contributed by atoms with Gasteiger partial charge in [-0.15, -0.1) is 9.24 Å². The highest BCUT2D eigenvalue weighted by Crippen LogP contribution is 2.23. The molecule has 28 heavy (non-hydrogen) atoms. The molecule has 4 heteroatoms. The van der Waals surface area contributed by atoms with E-state index in [1.165, 1.54) is 40.6 Å². The number of benzene rings is 2. The van der Waals surface area contributed by atoms with Crippen molar-refractivity contribution < 1.29 is 14.3 Å². The Balaban J connectivity index is 0.000000780. The summed E-state index contributed by atoms with van der Waals surface area (Å²) in [5.41, 5.74) is 4.84. The van der Waals surface area contributed by atoms with Crippen LogP contribution in [0.25, 0.3) is 0 Å². The predicted octanol–water partition coefficient (Wildman–Crippen LogP) is 5.71. The van der Waals surface area contributed by atoms with Crippen LogP contribution in [0.1, 0.15) is 49.9 Å². The third-order valence-electron chi connectivity index (χ3n) is 3.74. The highest BCUT2D eigenvalue weighted by atomic mass is 31.0. The standard InChI is InChI=1S/C17H21O2P.C5H8O.C2H6/c1-12-8-15(9-13(2)17(12)11-18-3)19-10-14-4-6-16(20)7-5-14;1-3-4-5(2)6;1-2/h4-9H,10-11,20H2,1-3H3;3-4H,1-2H3;1-2H3/b;4-3+;. The third-order valence-corrected chi connectivity index (χ3v) is 4.13. The molecular formula is C24H35O3P. The zero-order valence-corrected chi connectivity index (χ0v) is 19.5. The number of ether oxygens (including phenoxy) is 2. The van der Waals surface area contributed by atoms with Crippen LogP contribution in [0.5, 0.6) is 5.75 Å². The Kier molecular flexibility index (Phi) is 14.0. The Morgan fingerprint density at radius 1 is 1.04 bits per heavy atom. The van der Waals surface area contributed by atoms with Crippen molar-refractivity contribution in [2.45, 2.75) is 54.8 Å². The van der Waals surface area contributed by atoms with Gasteiger partial charge in [0.2, 0.25) is 0 Å². The van der Waals surface area contributed by atoms with Gasteiger partial charge in [0.15, 0.2) is 5.78 Å². The summed E-state index contributed by atoms with van der Waals surface area (Å²) in [7, 11) is 4.41. The fraction of sp³-hybridized carbons (Fsp3) is 0.375. The Morgan fingerprint density at radius 2 is 1.57 bits per heavy atom. The third kappa shape index (κ3) is 10.4. The van der Waals surface area contributed by atoms with Crippen LogP contribution >= 0.6 is 9.24 Å². The number of aryl methyl sites for hydroxylation is 2. The monoisotopic (exact) mass is 402 g/mol. The normalized spacial score (nSPS) is 9.86. The van der Waals surface area contributed by atoms with Crippen molar-refractivity contribution in [3.8, 4) is 5.75 Å². The number of hydrogen-bond acceptors (Lipinski definition) is 3. The lowest BCUT2D eigenvalue weighted by Gasteiger charge is -2.13. The van der Waals surface area contributed by atoms with Crippen molar-refractivity contribution in [1.29, 1.82) is 0 Å². The van der Waals surface area contributed by atoms with Crippen LogP contribution in [0.2, 0.25) is 0 Å². The molecule has 0 amide bonds. The average Bonchev–Trinajstić information content (AvgIpc) is 2.66. The van der Waals surface area contributed by atoms with Crippen LogP contribution in [0, 0.1) is 13.8 Å². The van der Waals surface area contributed by atoms with Crippen LogP contribution < -0.4 is 10.0 Å². The van der Waals surface area contributed by atoms with E-state index in [0.717, 1.165) is 5.75 Å². The number of methoxy groups -OCH3 is 1. The van der Waals surface area contributed by atoms with Crippen LogP contribution in [0.4, 0.5) is 0 Å². The van der Waals surface area contributed by atoms with Gasteiger partial charge in [0, 0.05) is 7.11 Å². The molecule has 1 atom stereocenters. The van der Waals surface area contributed by atoms with Crippen molar-refractivity contribution in [3.63, 3.8) is 0 Å². The molecule has 0 aliphatic rings. The minimum atomic E-state index is 0.109. The van der Waals surface area contributed by atoms with Gasteiger partial charge in [0.05, 0.1) is 6.61 Å². The summed E-state index contributed by atoms with van der Waals surface area (Å²) in [4.78, 5) is 9.96. The van der Waals surface area contributed by atoms with Crippen molar-refractivity contribution in [2.24, 2.45) is 0 Å². The van der Waals surface area contributed by atoms with E-state index in [-0.39, 0.29) is 5.78 Å². The molecule has 0 radical (unpaired) electrons. The first-order chi connectivity index (χ1) is 13.4. The van der Waals surface area contributed by atoms with E-state index >= 15 is 0 Å². The topological polar surface area (TPSA) is 35.5 Å². The van der Waals surface area contributed by atoms with Crippen LogP contribution in [-0.2, 0) is 22.7 Å². The number of allylic oxidation sites excluding steroid dienone is 2. The van der Waals surface area contributed by atoms with Gasteiger partial charge in [0.25, 0.3) is 0 Å². The Bertz CT molecular complexity index is 711. The van der Waals surface area contributed by atoms with E-state index in [0.29, 0.717) is 13.2 Å². The lowest BCUT2D eigenvalue weighted by molar-refractivity contribution is -0.112. The molecule has 2 aromatic rings. The summed E-state index contributed by atoms with van der Waals surface area (Å²) in [6, 6.07) is 12.5. The second-order valence-corrected chi connectivity index (χ2v) is 6.78. The summed E-state index contributed by atoms with van der Waals surface area (Å²) < 4.78 is 11.1. The van der Waals surface area contributed by atoms with Crippen molar-refractivity contribution in [2.75, 3.05) is 7.11 Å². The number of carbonyl (C=O) groups excluding carboxylic acids is 1. The highest BCUT2D eigenvalue weighted by molar-refractivity contribution is 7.27. The molecule has 0 aliphatic heterocycles. The second-order valence-electron chi connectivity index (χ2n) is 6.11. The molecule has 0 heterocycles. The molecule has 0 N–H and O–H groups in total. The van der Waals surface area contributed by atoms with E-state index in [9.17, 15) is 4.79 Å². The van der Waals surface area contributed by atoms with Crippen LogP contribution in [0.3, 0.4) is 0 Å². The van der Waals surface area contributed by atoms with E-state index in [1.807, 2.05) is 20.8 Å². The molecule has 0 spiro atoms. The maximum atomic E-state index is 9.96. The van der Waals surface area contributed by atoms with E-state index in [1.54, 1.807) is 13.2 Å². The van der Waals surface area contributed by atoms with Crippen molar-refractivity contribution in [1.82, 2.24) is 0 Å². The Labute approximate surface area is 173 Å². The molecule has 154 valence electrons. The van der Waals surface area contributed by atoms with Crippen LogP contribution in [0.15, 0.2) is 48.6 Å². The lowest BCUT2D eigenvalue weighted by atomic mass is 10.0. The molecule has 1 unspecified atom stereocenters. The van der Waals surface area contributed by atoms with E-state index in [4.69, 9.17) is 9.47 Å². The molecule has 0 saturated heterocycles.